The van der Waals surface area contributed by atoms with Gasteiger partial charge in [-0.2, -0.15) is 0 Å². The van der Waals surface area contributed by atoms with Gasteiger partial charge in [0.15, 0.2) is 0 Å². The van der Waals surface area contributed by atoms with Crippen molar-refractivity contribution in [1.29, 1.82) is 0 Å². The van der Waals surface area contributed by atoms with E-state index in [1.165, 1.54) is 18.3 Å². The molecular formula is C9H8N4O2. The van der Waals surface area contributed by atoms with Crippen molar-refractivity contribution in [3.8, 4) is 0 Å². The first kappa shape index (κ1) is 9.32. The average Bonchev–Trinajstić information content (AvgIpc) is 2.27. The van der Waals surface area contributed by atoms with Crippen molar-refractivity contribution in [2.75, 3.05) is 12.4 Å². The van der Waals surface area contributed by atoms with Gasteiger partial charge in [0.2, 0.25) is 0 Å². The summed E-state index contributed by atoms with van der Waals surface area (Å²) in [5.74, 6) is 0.636. The maximum Gasteiger partial charge on any atom is 0.271 e. The summed E-state index contributed by atoms with van der Waals surface area (Å²) in [5.41, 5.74) is 1.17. The molecule has 0 unspecified atom stereocenters. The number of nitrogens with zero attached hydrogens (tertiary/aromatic N) is 3. The van der Waals surface area contributed by atoms with Gasteiger partial charge in [-0.15, -0.1) is 0 Å². The van der Waals surface area contributed by atoms with Crippen LogP contribution < -0.4 is 5.32 Å². The highest BCUT2D eigenvalue weighted by atomic mass is 16.6. The van der Waals surface area contributed by atoms with Crippen molar-refractivity contribution in [3.63, 3.8) is 0 Å². The van der Waals surface area contributed by atoms with E-state index in [0.717, 1.165) is 0 Å². The van der Waals surface area contributed by atoms with Crippen LogP contribution in [0.1, 0.15) is 0 Å². The Kier molecular flexibility index (Phi) is 2.17. The molecule has 76 valence electrons. The van der Waals surface area contributed by atoms with Crippen LogP contribution in [-0.4, -0.2) is 21.9 Å². The second-order valence-corrected chi connectivity index (χ2v) is 2.94. The Morgan fingerprint density at radius 2 is 2.20 bits per heavy atom. The zero-order valence-electron chi connectivity index (χ0n) is 7.97. The summed E-state index contributed by atoms with van der Waals surface area (Å²) < 4.78 is 0. The van der Waals surface area contributed by atoms with E-state index in [-0.39, 0.29) is 5.69 Å². The highest BCUT2D eigenvalue weighted by Crippen LogP contribution is 2.18. The predicted molar refractivity (Wildman–Crippen MR) is 55.7 cm³/mol. The molecule has 1 heterocycles. The Labute approximate surface area is 85.1 Å². The summed E-state index contributed by atoms with van der Waals surface area (Å²) in [6.45, 7) is 0. The molecule has 0 saturated heterocycles. The zero-order valence-corrected chi connectivity index (χ0v) is 7.97. The number of rotatable bonds is 2. The SMILES string of the molecule is CNc1cnc2cc([N+](=O)[O-])ccc2n1. The lowest BCUT2D eigenvalue weighted by atomic mass is 10.2. The summed E-state index contributed by atoms with van der Waals surface area (Å²) in [6.07, 6.45) is 1.53. The Balaban J connectivity index is 2.59. The van der Waals surface area contributed by atoms with Gasteiger partial charge in [0.1, 0.15) is 5.82 Å². The highest BCUT2D eigenvalue weighted by molar-refractivity contribution is 5.78. The van der Waals surface area contributed by atoms with Gasteiger partial charge in [0, 0.05) is 19.2 Å². The van der Waals surface area contributed by atoms with Gasteiger partial charge in [-0.25, -0.2) is 4.98 Å². The molecule has 0 spiro atoms. The molecule has 1 N–H and O–H groups in total. The standard InChI is InChI=1S/C9H8N4O2/c1-10-9-5-11-8-4-6(13(14)15)2-3-7(8)12-9/h2-5H,1H3,(H,10,12). The third-order valence-corrected chi connectivity index (χ3v) is 1.99. The van der Waals surface area contributed by atoms with Gasteiger partial charge in [0.05, 0.1) is 22.2 Å². The summed E-state index contributed by atoms with van der Waals surface area (Å²) in [4.78, 5) is 18.3. The first-order valence-corrected chi connectivity index (χ1v) is 4.29. The van der Waals surface area contributed by atoms with Crippen LogP contribution in [0.3, 0.4) is 0 Å². The lowest BCUT2D eigenvalue weighted by molar-refractivity contribution is -0.384. The summed E-state index contributed by atoms with van der Waals surface area (Å²) in [7, 11) is 1.74. The van der Waals surface area contributed by atoms with Crippen LogP contribution in [0.2, 0.25) is 0 Å². The number of hydrogen-bond donors (Lipinski definition) is 1. The summed E-state index contributed by atoms with van der Waals surface area (Å²) in [5, 5.41) is 13.4. The summed E-state index contributed by atoms with van der Waals surface area (Å²) in [6, 6.07) is 4.40. The van der Waals surface area contributed by atoms with E-state index >= 15 is 0 Å². The maximum atomic E-state index is 10.5. The minimum Gasteiger partial charge on any atom is -0.372 e. The van der Waals surface area contributed by atoms with Crippen LogP contribution in [0.25, 0.3) is 11.0 Å². The fourth-order valence-corrected chi connectivity index (χ4v) is 1.23. The van der Waals surface area contributed by atoms with Gasteiger partial charge < -0.3 is 5.32 Å². The number of non-ortho nitro benzene ring substituents is 1. The molecule has 0 aliphatic rings. The van der Waals surface area contributed by atoms with Crippen molar-refractivity contribution in [1.82, 2.24) is 9.97 Å². The van der Waals surface area contributed by atoms with E-state index in [1.54, 1.807) is 13.1 Å². The average molecular weight is 204 g/mol. The quantitative estimate of drug-likeness (QED) is 0.593. The molecule has 2 rings (SSSR count). The van der Waals surface area contributed by atoms with Crippen LogP contribution >= 0.6 is 0 Å². The molecule has 1 aromatic carbocycles. The van der Waals surface area contributed by atoms with E-state index in [2.05, 4.69) is 15.3 Å². The lowest BCUT2D eigenvalue weighted by Gasteiger charge is -2.00. The number of hydrogen-bond acceptors (Lipinski definition) is 5. The van der Waals surface area contributed by atoms with Crippen molar-refractivity contribution >= 4 is 22.5 Å². The van der Waals surface area contributed by atoms with Crippen molar-refractivity contribution in [3.05, 3.63) is 34.5 Å². The number of anilines is 1. The second kappa shape index (κ2) is 3.49. The molecule has 1 aromatic heterocycles. The van der Waals surface area contributed by atoms with E-state index in [4.69, 9.17) is 0 Å². The highest BCUT2D eigenvalue weighted by Gasteiger charge is 2.07. The van der Waals surface area contributed by atoms with Gasteiger partial charge in [-0.1, -0.05) is 0 Å². The van der Waals surface area contributed by atoms with Gasteiger partial charge >= 0.3 is 0 Å². The first-order valence-electron chi connectivity index (χ1n) is 4.29. The first-order chi connectivity index (χ1) is 7.20. The van der Waals surface area contributed by atoms with E-state index in [1.807, 2.05) is 0 Å². The molecule has 6 nitrogen and oxygen atoms in total. The Bertz CT molecular complexity index is 527. The molecule has 0 amide bonds. The smallest absolute Gasteiger partial charge is 0.271 e. The molecule has 15 heavy (non-hydrogen) atoms. The zero-order chi connectivity index (χ0) is 10.8. The molecule has 0 radical (unpaired) electrons. The van der Waals surface area contributed by atoms with Crippen LogP contribution in [-0.2, 0) is 0 Å². The number of nitrogens with one attached hydrogen (secondary N) is 1. The van der Waals surface area contributed by atoms with E-state index in [0.29, 0.717) is 16.9 Å². The largest absolute Gasteiger partial charge is 0.372 e. The molecule has 0 bridgehead atoms. The predicted octanol–water partition coefficient (Wildman–Crippen LogP) is 1.58. The number of nitro benzene ring substituents is 1. The monoisotopic (exact) mass is 204 g/mol. The Morgan fingerprint density at radius 1 is 1.40 bits per heavy atom. The molecule has 2 aromatic rings. The minimum absolute atomic E-state index is 0.0222. The Morgan fingerprint density at radius 3 is 2.87 bits per heavy atom. The number of benzene rings is 1. The molecule has 0 aliphatic heterocycles. The number of fused-ring (bicyclic) bond motifs is 1. The van der Waals surface area contributed by atoms with Crippen LogP contribution in [0, 0.1) is 10.1 Å². The van der Waals surface area contributed by atoms with Crippen LogP contribution in [0.4, 0.5) is 11.5 Å². The van der Waals surface area contributed by atoms with Crippen molar-refractivity contribution < 1.29 is 4.92 Å². The van der Waals surface area contributed by atoms with Gasteiger partial charge in [0.25, 0.3) is 5.69 Å². The third-order valence-electron chi connectivity index (χ3n) is 1.99. The van der Waals surface area contributed by atoms with E-state index in [9.17, 15) is 10.1 Å². The molecule has 6 heteroatoms. The molecule has 0 saturated carbocycles. The molecular weight excluding hydrogens is 196 g/mol. The van der Waals surface area contributed by atoms with Crippen molar-refractivity contribution in [2.24, 2.45) is 0 Å². The fraction of sp³-hybridized carbons (Fsp3) is 0.111. The number of aromatic nitrogens is 2. The molecule has 0 atom stereocenters. The van der Waals surface area contributed by atoms with Gasteiger partial charge in [-0.05, 0) is 6.07 Å². The van der Waals surface area contributed by atoms with Crippen molar-refractivity contribution in [2.45, 2.75) is 0 Å². The minimum atomic E-state index is -0.451. The molecule has 0 fully saturated rings. The van der Waals surface area contributed by atoms with E-state index < -0.39 is 4.92 Å². The van der Waals surface area contributed by atoms with Crippen LogP contribution in [0.5, 0.6) is 0 Å². The Hall–Kier alpha value is -2.24. The fourth-order valence-electron chi connectivity index (χ4n) is 1.23. The lowest BCUT2D eigenvalue weighted by Crippen LogP contribution is -1.95. The van der Waals surface area contributed by atoms with Gasteiger partial charge in [-0.3, -0.25) is 15.1 Å². The van der Waals surface area contributed by atoms with Crippen LogP contribution in [0.15, 0.2) is 24.4 Å². The number of nitro groups is 1. The normalized spacial score (nSPS) is 10.2. The maximum absolute atomic E-state index is 10.5. The summed E-state index contributed by atoms with van der Waals surface area (Å²) >= 11 is 0. The topological polar surface area (TPSA) is 81.0 Å². The molecule has 0 aliphatic carbocycles. The third kappa shape index (κ3) is 1.69. The second-order valence-electron chi connectivity index (χ2n) is 2.94.